The Hall–Kier alpha value is -0.970. The number of aryl methyl sites for hydroxylation is 1. The number of hydrazine groups is 1. The zero-order valence-corrected chi connectivity index (χ0v) is 10.8. The average Bonchev–Trinajstić information content (AvgIpc) is 2.40. The Balaban J connectivity index is 2.09. The van der Waals surface area contributed by atoms with Gasteiger partial charge >= 0.3 is 0 Å². The maximum Gasteiger partial charge on any atom is 0.128 e. The van der Waals surface area contributed by atoms with Crippen molar-refractivity contribution in [2.45, 2.75) is 32.2 Å². The lowest BCUT2D eigenvalue weighted by atomic mass is 9.89. The predicted octanol–water partition coefficient (Wildman–Crippen LogP) is 2.46. The summed E-state index contributed by atoms with van der Waals surface area (Å²) in [5, 5.41) is 0. The lowest BCUT2D eigenvalue weighted by molar-refractivity contribution is 0.0604. The molecule has 1 saturated heterocycles. The number of benzene rings is 1. The molecule has 1 aliphatic heterocycles. The average molecular weight is 252 g/mol. The van der Waals surface area contributed by atoms with Crippen LogP contribution in [0.3, 0.4) is 0 Å². The Morgan fingerprint density at radius 2 is 2.17 bits per heavy atom. The molecule has 4 heteroatoms. The van der Waals surface area contributed by atoms with E-state index in [9.17, 15) is 4.39 Å². The van der Waals surface area contributed by atoms with Crippen LogP contribution < -0.4 is 11.3 Å². The van der Waals surface area contributed by atoms with Crippen LogP contribution in [-0.4, -0.2) is 13.2 Å². The van der Waals surface area contributed by atoms with E-state index >= 15 is 0 Å². The number of nitrogens with two attached hydrogens (primary N) is 1. The van der Waals surface area contributed by atoms with Crippen LogP contribution in [0.25, 0.3) is 0 Å². The zero-order chi connectivity index (χ0) is 13.0. The van der Waals surface area contributed by atoms with Crippen LogP contribution in [-0.2, 0) is 4.74 Å². The lowest BCUT2D eigenvalue weighted by Crippen LogP contribution is -2.31. The second kappa shape index (κ2) is 6.27. The van der Waals surface area contributed by atoms with Crippen molar-refractivity contribution >= 4 is 0 Å². The third kappa shape index (κ3) is 3.28. The van der Waals surface area contributed by atoms with Gasteiger partial charge < -0.3 is 4.74 Å². The van der Waals surface area contributed by atoms with Crippen molar-refractivity contribution in [3.05, 3.63) is 35.1 Å². The predicted molar refractivity (Wildman–Crippen MR) is 69.4 cm³/mol. The van der Waals surface area contributed by atoms with Gasteiger partial charge in [0.15, 0.2) is 0 Å². The number of halogens is 1. The van der Waals surface area contributed by atoms with Crippen molar-refractivity contribution in [3.8, 4) is 0 Å². The van der Waals surface area contributed by atoms with Crippen LogP contribution in [0.1, 0.15) is 36.4 Å². The van der Waals surface area contributed by atoms with E-state index in [1.807, 2.05) is 13.0 Å². The molecule has 0 radical (unpaired) electrons. The van der Waals surface area contributed by atoms with Gasteiger partial charge in [-0.05, 0) is 38.2 Å². The van der Waals surface area contributed by atoms with Crippen molar-refractivity contribution < 1.29 is 9.13 Å². The van der Waals surface area contributed by atoms with Gasteiger partial charge in [0.1, 0.15) is 5.82 Å². The van der Waals surface area contributed by atoms with Crippen LogP contribution in [0.15, 0.2) is 18.2 Å². The highest BCUT2D eigenvalue weighted by molar-refractivity contribution is 5.26. The molecule has 100 valence electrons. The number of nitrogens with one attached hydrogen (secondary N) is 1. The highest BCUT2D eigenvalue weighted by Gasteiger charge is 2.21. The molecule has 0 spiro atoms. The van der Waals surface area contributed by atoms with E-state index < -0.39 is 0 Å². The summed E-state index contributed by atoms with van der Waals surface area (Å²) in [4.78, 5) is 0. The molecule has 0 aromatic heterocycles. The number of rotatable bonds is 4. The van der Waals surface area contributed by atoms with Crippen LogP contribution in [0.5, 0.6) is 0 Å². The fourth-order valence-electron chi connectivity index (χ4n) is 2.53. The zero-order valence-electron chi connectivity index (χ0n) is 10.8. The van der Waals surface area contributed by atoms with Gasteiger partial charge in [0.2, 0.25) is 0 Å². The van der Waals surface area contributed by atoms with Gasteiger partial charge in [-0.1, -0.05) is 17.7 Å². The van der Waals surface area contributed by atoms with Crippen molar-refractivity contribution in [3.63, 3.8) is 0 Å². The Bertz CT molecular complexity index is 391. The molecule has 18 heavy (non-hydrogen) atoms. The summed E-state index contributed by atoms with van der Waals surface area (Å²) in [7, 11) is 0. The molecule has 3 nitrogen and oxygen atoms in total. The molecular weight excluding hydrogens is 231 g/mol. The molecule has 3 N–H and O–H groups in total. The van der Waals surface area contributed by atoms with Gasteiger partial charge in [0.05, 0.1) is 0 Å². The normalized spacial score (nSPS) is 18.8. The SMILES string of the molecule is Cc1ccc(F)c(C(CC2CCOCC2)NN)c1. The number of hydrogen-bond donors (Lipinski definition) is 2. The fourth-order valence-corrected chi connectivity index (χ4v) is 2.53. The van der Waals surface area contributed by atoms with Crippen LogP contribution in [0, 0.1) is 18.7 Å². The third-order valence-corrected chi connectivity index (χ3v) is 3.64. The number of hydrogen-bond acceptors (Lipinski definition) is 3. The van der Waals surface area contributed by atoms with E-state index in [2.05, 4.69) is 5.43 Å². The monoisotopic (exact) mass is 252 g/mol. The summed E-state index contributed by atoms with van der Waals surface area (Å²) in [6.07, 6.45) is 2.93. The van der Waals surface area contributed by atoms with Crippen LogP contribution in [0.2, 0.25) is 0 Å². The lowest BCUT2D eigenvalue weighted by Gasteiger charge is -2.26. The molecule has 1 aromatic carbocycles. The molecule has 1 atom stereocenters. The Morgan fingerprint density at radius 1 is 1.44 bits per heavy atom. The molecule has 0 bridgehead atoms. The topological polar surface area (TPSA) is 47.3 Å². The standard InChI is InChI=1S/C14H21FN2O/c1-10-2-3-13(15)12(8-10)14(17-16)9-11-4-6-18-7-5-11/h2-3,8,11,14,17H,4-7,9,16H2,1H3. The molecule has 2 rings (SSSR count). The van der Waals surface area contributed by atoms with Crippen LogP contribution in [0.4, 0.5) is 4.39 Å². The van der Waals surface area contributed by atoms with Crippen molar-refractivity contribution in [2.24, 2.45) is 11.8 Å². The van der Waals surface area contributed by atoms with Gasteiger partial charge in [-0.2, -0.15) is 0 Å². The van der Waals surface area contributed by atoms with Gasteiger partial charge in [0, 0.05) is 24.8 Å². The first kappa shape index (κ1) is 13.5. The minimum atomic E-state index is -0.185. The third-order valence-electron chi connectivity index (χ3n) is 3.64. The Kier molecular flexibility index (Phi) is 4.69. The largest absolute Gasteiger partial charge is 0.381 e. The smallest absolute Gasteiger partial charge is 0.128 e. The summed E-state index contributed by atoms with van der Waals surface area (Å²) >= 11 is 0. The summed E-state index contributed by atoms with van der Waals surface area (Å²) < 4.78 is 19.2. The summed E-state index contributed by atoms with van der Waals surface area (Å²) in [6.45, 7) is 3.57. The molecule has 0 amide bonds. The minimum absolute atomic E-state index is 0.118. The quantitative estimate of drug-likeness (QED) is 0.639. The molecule has 0 aliphatic carbocycles. The molecular formula is C14H21FN2O. The van der Waals surface area contributed by atoms with Crippen molar-refractivity contribution in [2.75, 3.05) is 13.2 Å². The molecule has 1 fully saturated rings. The Morgan fingerprint density at radius 3 is 2.83 bits per heavy atom. The van der Waals surface area contributed by atoms with Gasteiger partial charge in [-0.3, -0.25) is 11.3 Å². The number of ether oxygens (including phenoxy) is 1. The van der Waals surface area contributed by atoms with E-state index in [0.717, 1.165) is 38.0 Å². The van der Waals surface area contributed by atoms with Crippen LogP contribution >= 0.6 is 0 Å². The first-order chi connectivity index (χ1) is 8.70. The van der Waals surface area contributed by atoms with Crippen molar-refractivity contribution in [1.82, 2.24) is 5.43 Å². The highest BCUT2D eigenvalue weighted by atomic mass is 19.1. The van der Waals surface area contributed by atoms with E-state index in [1.165, 1.54) is 6.07 Å². The first-order valence-corrected chi connectivity index (χ1v) is 6.50. The second-order valence-electron chi connectivity index (χ2n) is 5.04. The molecule has 1 aliphatic rings. The highest BCUT2D eigenvalue weighted by Crippen LogP contribution is 2.28. The fraction of sp³-hybridized carbons (Fsp3) is 0.571. The minimum Gasteiger partial charge on any atom is -0.381 e. The van der Waals surface area contributed by atoms with Gasteiger partial charge in [-0.25, -0.2) is 4.39 Å². The summed E-state index contributed by atoms with van der Waals surface area (Å²) in [6, 6.07) is 5.05. The maximum atomic E-state index is 13.8. The van der Waals surface area contributed by atoms with Crippen molar-refractivity contribution in [1.29, 1.82) is 0 Å². The molecule has 0 saturated carbocycles. The van der Waals surface area contributed by atoms with Gasteiger partial charge in [0.25, 0.3) is 0 Å². The molecule has 1 aromatic rings. The summed E-state index contributed by atoms with van der Waals surface area (Å²) in [5.41, 5.74) is 4.48. The van der Waals surface area contributed by atoms with Gasteiger partial charge in [-0.15, -0.1) is 0 Å². The summed E-state index contributed by atoms with van der Waals surface area (Å²) in [5.74, 6) is 5.96. The first-order valence-electron chi connectivity index (χ1n) is 6.50. The van der Waals surface area contributed by atoms with E-state index in [-0.39, 0.29) is 11.9 Å². The van der Waals surface area contributed by atoms with E-state index in [1.54, 1.807) is 6.07 Å². The molecule has 1 heterocycles. The van der Waals surface area contributed by atoms with E-state index in [4.69, 9.17) is 10.6 Å². The molecule has 1 unspecified atom stereocenters. The second-order valence-corrected chi connectivity index (χ2v) is 5.04. The maximum absolute atomic E-state index is 13.8. The van der Waals surface area contributed by atoms with E-state index in [0.29, 0.717) is 11.5 Å². The Labute approximate surface area is 107 Å².